The lowest BCUT2D eigenvalue weighted by atomic mass is 9.82. The van der Waals surface area contributed by atoms with Crippen molar-refractivity contribution in [2.75, 3.05) is 32.7 Å². The van der Waals surface area contributed by atoms with Crippen LogP contribution in [0, 0.1) is 11.8 Å². The number of carbonyl (C=O) groups is 1. The fraction of sp³-hybridized carbons (Fsp3) is 0.867. The Hall–Kier alpha value is -1.26. The number of amides is 1. The van der Waals surface area contributed by atoms with Crippen LogP contribution in [0.15, 0.2) is 4.99 Å². The Morgan fingerprint density at radius 3 is 2.40 bits per heavy atom. The van der Waals surface area contributed by atoms with E-state index < -0.39 is 0 Å². The molecule has 0 aromatic rings. The third kappa shape index (κ3) is 4.12. The number of nitrogens with zero attached hydrogens (tertiary/aromatic N) is 2. The minimum atomic E-state index is 0.0115. The van der Waals surface area contributed by atoms with Crippen LogP contribution in [0.1, 0.15) is 39.5 Å². The van der Waals surface area contributed by atoms with Crippen molar-refractivity contribution in [2.24, 2.45) is 16.8 Å². The van der Waals surface area contributed by atoms with Crippen molar-refractivity contribution < 1.29 is 4.79 Å². The summed E-state index contributed by atoms with van der Waals surface area (Å²) in [6, 6.07) is 0. The van der Waals surface area contributed by atoms with E-state index in [-0.39, 0.29) is 5.91 Å². The van der Waals surface area contributed by atoms with Crippen LogP contribution in [-0.4, -0.2) is 49.5 Å². The Morgan fingerprint density at radius 1 is 1.20 bits per heavy atom. The highest BCUT2D eigenvalue weighted by molar-refractivity contribution is 5.80. The molecule has 1 saturated heterocycles. The van der Waals surface area contributed by atoms with Crippen molar-refractivity contribution in [1.82, 2.24) is 15.5 Å². The van der Waals surface area contributed by atoms with Crippen LogP contribution in [-0.2, 0) is 4.79 Å². The van der Waals surface area contributed by atoms with Crippen LogP contribution >= 0.6 is 0 Å². The number of rotatable bonds is 4. The SMILES string of the molecule is CCNC(=NCCNC(C)=O)N1CC2CCCCC2C1. The summed E-state index contributed by atoms with van der Waals surface area (Å²) < 4.78 is 0. The van der Waals surface area contributed by atoms with E-state index in [1.54, 1.807) is 6.92 Å². The van der Waals surface area contributed by atoms with Crippen molar-refractivity contribution in [3.63, 3.8) is 0 Å². The first kappa shape index (κ1) is 15.1. The summed E-state index contributed by atoms with van der Waals surface area (Å²) >= 11 is 0. The third-order valence-electron chi connectivity index (χ3n) is 4.36. The van der Waals surface area contributed by atoms with Crippen LogP contribution in [0.4, 0.5) is 0 Å². The van der Waals surface area contributed by atoms with Gasteiger partial charge in [0, 0.05) is 33.1 Å². The van der Waals surface area contributed by atoms with Gasteiger partial charge in [0.25, 0.3) is 0 Å². The van der Waals surface area contributed by atoms with Crippen LogP contribution in [0.25, 0.3) is 0 Å². The highest BCUT2D eigenvalue weighted by atomic mass is 16.1. The molecule has 2 rings (SSSR count). The normalized spacial score (nSPS) is 26.3. The summed E-state index contributed by atoms with van der Waals surface area (Å²) in [6.07, 6.45) is 5.55. The molecular formula is C15H28N4O. The summed E-state index contributed by atoms with van der Waals surface area (Å²) in [5.41, 5.74) is 0. The number of guanidine groups is 1. The van der Waals surface area contributed by atoms with Gasteiger partial charge < -0.3 is 15.5 Å². The molecule has 5 nitrogen and oxygen atoms in total. The summed E-state index contributed by atoms with van der Waals surface area (Å²) in [5, 5.41) is 6.18. The molecule has 0 spiro atoms. The molecule has 114 valence electrons. The second-order valence-electron chi connectivity index (χ2n) is 5.93. The van der Waals surface area contributed by atoms with Gasteiger partial charge in [0.05, 0.1) is 6.54 Å². The van der Waals surface area contributed by atoms with Gasteiger partial charge in [0.1, 0.15) is 0 Å². The zero-order chi connectivity index (χ0) is 14.4. The second kappa shape index (κ2) is 7.50. The van der Waals surface area contributed by atoms with Gasteiger partial charge in [-0.15, -0.1) is 0 Å². The second-order valence-corrected chi connectivity index (χ2v) is 5.93. The Kier molecular flexibility index (Phi) is 5.68. The number of hydrogen-bond donors (Lipinski definition) is 2. The van der Waals surface area contributed by atoms with Crippen LogP contribution in [0.3, 0.4) is 0 Å². The predicted molar refractivity (Wildman–Crippen MR) is 81.7 cm³/mol. The van der Waals surface area contributed by atoms with Gasteiger partial charge in [-0.2, -0.15) is 0 Å². The zero-order valence-electron chi connectivity index (χ0n) is 12.8. The van der Waals surface area contributed by atoms with E-state index in [2.05, 4.69) is 27.4 Å². The smallest absolute Gasteiger partial charge is 0.216 e. The molecule has 2 atom stereocenters. The van der Waals surface area contributed by atoms with Gasteiger partial charge in [-0.3, -0.25) is 9.79 Å². The first-order chi connectivity index (χ1) is 9.70. The minimum absolute atomic E-state index is 0.0115. The molecule has 0 aromatic heterocycles. The number of hydrogen-bond acceptors (Lipinski definition) is 2. The largest absolute Gasteiger partial charge is 0.357 e. The lowest BCUT2D eigenvalue weighted by Crippen LogP contribution is -2.40. The van der Waals surface area contributed by atoms with Crippen molar-refractivity contribution in [2.45, 2.75) is 39.5 Å². The molecule has 5 heteroatoms. The lowest BCUT2D eigenvalue weighted by Gasteiger charge is -2.22. The van der Waals surface area contributed by atoms with Crippen LogP contribution in [0.2, 0.25) is 0 Å². The standard InChI is InChI=1S/C15H28N4O/c1-3-16-15(18-9-8-17-12(2)20)19-10-13-6-4-5-7-14(13)11-19/h13-14H,3-11H2,1-2H3,(H,16,18)(H,17,20). The Balaban J connectivity index is 1.87. The van der Waals surface area contributed by atoms with E-state index >= 15 is 0 Å². The molecule has 2 unspecified atom stereocenters. The van der Waals surface area contributed by atoms with E-state index in [0.717, 1.165) is 37.4 Å². The maximum Gasteiger partial charge on any atom is 0.216 e. The van der Waals surface area contributed by atoms with Gasteiger partial charge in [-0.25, -0.2) is 0 Å². The molecule has 2 fully saturated rings. The van der Waals surface area contributed by atoms with Crippen molar-refractivity contribution >= 4 is 11.9 Å². The third-order valence-corrected chi connectivity index (χ3v) is 4.36. The Bertz CT molecular complexity index is 342. The molecule has 2 aliphatic rings. The molecule has 20 heavy (non-hydrogen) atoms. The fourth-order valence-electron chi connectivity index (χ4n) is 3.40. The topological polar surface area (TPSA) is 56.7 Å². The summed E-state index contributed by atoms with van der Waals surface area (Å²) in [4.78, 5) is 17.9. The molecule has 1 saturated carbocycles. The summed E-state index contributed by atoms with van der Waals surface area (Å²) in [5.74, 6) is 2.76. The van der Waals surface area contributed by atoms with E-state index in [1.807, 2.05) is 0 Å². The minimum Gasteiger partial charge on any atom is -0.357 e. The molecule has 0 aromatic carbocycles. The molecule has 1 aliphatic heterocycles. The number of aliphatic imine (C=N–C) groups is 1. The fourth-order valence-corrected chi connectivity index (χ4v) is 3.40. The predicted octanol–water partition coefficient (Wildman–Crippen LogP) is 1.21. The van der Waals surface area contributed by atoms with Gasteiger partial charge in [-0.1, -0.05) is 12.8 Å². The molecular weight excluding hydrogens is 252 g/mol. The van der Waals surface area contributed by atoms with Crippen LogP contribution < -0.4 is 10.6 Å². The highest BCUT2D eigenvalue weighted by Crippen LogP contribution is 2.35. The van der Waals surface area contributed by atoms with E-state index in [1.165, 1.54) is 25.7 Å². The van der Waals surface area contributed by atoms with Gasteiger partial charge in [-0.05, 0) is 31.6 Å². The number of likely N-dealkylation sites (tertiary alicyclic amines) is 1. The van der Waals surface area contributed by atoms with Crippen LogP contribution in [0.5, 0.6) is 0 Å². The molecule has 2 N–H and O–H groups in total. The first-order valence-electron chi connectivity index (χ1n) is 7.98. The van der Waals surface area contributed by atoms with Gasteiger partial charge >= 0.3 is 0 Å². The number of carbonyl (C=O) groups excluding carboxylic acids is 1. The maximum atomic E-state index is 10.9. The Labute approximate surface area is 122 Å². The first-order valence-corrected chi connectivity index (χ1v) is 7.98. The molecule has 0 bridgehead atoms. The van der Waals surface area contributed by atoms with Crippen molar-refractivity contribution in [1.29, 1.82) is 0 Å². The quantitative estimate of drug-likeness (QED) is 0.462. The molecule has 1 aliphatic carbocycles. The Morgan fingerprint density at radius 2 is 1.85 bits per heavy atom. The molecule has 0 radical (unpaired) electrons. The van der Waals surface area contributed by atoms with E-state index in [0.29, 0.717) is 13.1 Å². The molecule has 1 amide bonds. The van der Waals surface area contributed by atoms with Crippen molar-refractivity contribution in [3.05, 3.63) is 0 Å². The van der Waals surface area contributed by atoms with E-state index in [4.69, 9.17) is 0 Å². The number of nitrogens with one attached hydrogen (secondary N) is 2. The number of fused-ring (bicyclic) bond motifs is 1. The van der Waals surface area contributed by atoms with Gasteiger partial charge in [0.2, 0.25) is 5.91 Å². The summed E-state index contributed by atoms with van der Waals surface area (Å²) in [6.45, 7) is 8.10. The molecule has 1 heterocycles. The highest BCUT2D eigenvalue weighted by Gasteiger charge is 2.35. The van der Waals surface area contributed by atoms with E-state index in [9.17, 15) is 4.79 Å². The maximum absolute atomic E-state index is 10.9. The monoisotopic (exact) mass is 280 g/mol. The van der Waals surface area contributed by atoms with Crippen molar-refractivity contribution in [3.8, 4) is 0 Å². The average molecular weight is 280 g/mol. The lowest BCUT2D eigenvalue weighted by molar-refractivity contribution is -0.118. The summed E-state index contributed by atoms with van der Waals surface area (Å²) in [7, 11) is 0. The average Bonchev–Trinajstić information content (AvgIpc) is 2.85. The van der Waals surface area contributed by atoms with Gasteiger partial charge in [0.15, 0.2) is 5.96 Å². The zero-order valence-corrected chi connectivity index (χ0v) is 12.8.